The number of anilines is 1. The van der Waals surface area contributed by atoms with Crippen molar-refractivity contribution >= 4 is 22.4 Å². The normalized spacial score (nSPS) is 17.0. The van der Waals surface area contributed by atoms with E-state index >= 15 is 0 Å². The van der Waals surface area contributed by atoms with Crippen molar-refractivity contribution in [3.63, 3.8) is 0 Å². The third-order valence-corrected chi connectivity index (χ3v) is 4.03. The van der Waals surface area contributed by atoms with E-state index < -0.39 is 0 Å². The highest BCUT2D eigenvalue weighted by molar-refractivity contribution is 7.13. The largest absolute Gasteiger partial charge is 0.336 e. The van der Waals surface area contributed by atoms with Crippen LogP contribution in [0.25, 0.3) is 0 Å². The zero-order chi connectivity index (χ0) is 12.1. The quantitative estimate of drug-likeness (QED) is 0.850. The van der Waals surface area contributed by atoms with E-state index in [0.717, 1.165) is 5.69 Å². The molecule has 1 amide bonds. The van der Waals surface area contributed by atoms with Gasteiger partial charge in [-0.05, 0) is 32.6 Å². The van der Waals surface area contributed by atoms with Gasteiger partial charge in [0.1, 0.15) is 0 Å². The molecule has 3 N–H and O–H groups in total. The van der Waals surface area contributed by atoms with Gasteiger partial charge in [0.25, 0.3) is 5.91 Å². The molecule has 0 aliphatic heterocycles. The molecule has 1 saturated carbocycles. The molecule has 1 aliphatic rings. The Morgan fingerprint density at radius 2 is 2.29 bits per heavy atom. The predicted octanol–water partition coefficient (Wildman–Crippen LogP) is 1.29. The van der Waals surface area contributed by atoms with Crippen LogP contribution in [0.5, 0.6) is 0 Å². The first-order valence-electron chi connectivity index (χ1n) is 6.29. The van der Waals surface area contributed by atoms with Gasteiger partial charge in [-0.1, -0.05) is 6.42 Å². The van der Waals surface area contributed by atoms with E-state index in [4.69, 9.17) is 0 Å². The molecule has 0 aromatic carbocycles. The Bertz CT molecular complexity index is 372. The summed E-state index contributed by atoms with van der Waals surface area (Å²) in [5.41, 5.74) is 0.960. The minimum atomic E-state index is 0.0601. The fraction of sp³-hybridized carbons (Fsp3) is 0.667. The molecule has 1 aromatic rings. The number of hydrogen-bond donors (Lipinski definition) is 2. The number of nitrogens with zero attached hydrogens (tertiary/aromatic N) is 1. The van der Waals surface area contributed by atoms with E-state index in [2.05, 4.69) is 15.6 Å². The minimum Gasteiger partial charge on any atom is -0.336 e. The summed E-state index contributed by atoms with van der Waals surface area (Å²) in [4.78, 5) is 15.9. The Morgan fingerprint density at radius 3 is 2.94 bits per heavy atom. The van der Waals surface area contributed by atoms with Gasteiger partial charge in [-0.15, -0.1) is 11.3 Å². The fourth-order valence-corrected chi connectivity index (χ4v) is 2.93. The van der Waals surface area contributed by atoms with Gasteiger partial charge in [0.2, 0.25) is 0 Å². The highest BCUT2D eigenvalue weighted by atomic mass is 32.1. The number of aromatic nitrogens is 1. The molecule has 5 heteroatoms. The Kier molecular flexibility index (Phi) is 4.50. The third-order valence-electron chi connectivity index (χ3n) is 3.15. The summed E-state index contributed by atoms with van der Waals surface area (Å²) in [6.45, 7) is 2.45. The van der Waals surface area contributed by atoms with E-state index in [-0.39, 0.29) is 5.91 Å². The summed E-state index contributed by atoms with van der Waals surface area (Å²) in [6.07, 6.45) is 6.49. The van der Waals surface area contributed by atoms with Crippen molar-refractivity contribution in [1.82, 2.24) is 4.98 Å². The van der Waals surface area contributed by atoms with Gasteiger partial charge < -0.3 is 5.32 Å². The summed E-state index contributed by atoms with van der Waals surface area (Å²) < 4.78 is 0. The van der Waals surface area contributed by atoms with Gasteiger partial charge >= 0.3 is 0 Å². The van der Waals surface area contributed by atoms with Crippen molar-refractivity contribution < 1.29 is 10.1 Å². The highest BCUT2D eigenvalue weighted by Crippen LogP contribution is 2.15. The van der Waals surface area contributed by atoms with Crippen molar-refractivity contribution in [2.75, 3.05) is 11.9 Å². The minimum absolute atomic E-state index is 0.0601. The molecule has 4 nitrogen and oxygen atoms in total. The van der Waals surface area contributed by atoms with E-state index in [1.54, 1.807) is 0 Å². The maximum Gasteiger partial charge on any atom is 0.281 e. The fourth-order valence-electron chi connectivity index (χ4n) is 2.23. The van der Waals surface area contributed by atoms with Gasteiger partial charge in [-0.25, -0.2) is 4.98 Å². The van der Waals surface area contributed by atoms with Crippen LogP contribution in [0.15, 0.2) is 5.38 Å². The van der Waals surface area contributed by atoms with Crippen molar-refractivity contribution in [3.8, 4) is 0 Å². The number of carbonyl (C=O) groups is 1. The second-order valence-electron chi connectivity index (χ2n) is 4.68. The predicted molar refractivity (Wildman–Crippen MR) is 69.1 cm³/mol. The number of rotatable bonds is 4. The highest BCUT2D eigenvalue weighted by Gasteiger charge is 2.17. The first kappa shape index (κ1) is 12.5. The number of thiazole rings is 1. The molecule has 17 heavy (non-hydrogen) atoms. The van der Waals surface area contributed by atoms with Crippen molar-refractivity contribution in [2.45, 2.75) is 45.1 Å². The van der Waals surface area contributed by atoms with Crippen LogP contribution in [0.1, 0.15) is 37.8 Å². The molecule has 1 fully saturated rings. The number of aryl methyl sites for hydroxylation is 1. The lowest BCUT2D eigenvalue weighted by molar-refractivity contribution is -0.681. The average molecular weight is 254 g/mol. The summed E-state index contributed by atoms with van der Waals surface area (Å²) in [5.74, 6) is 0.0601. The lowest BCUT2D eigenvalue weighted by Crippen LogP contribution is -2.91. The zero-order valence-electron chi connectivity index (χ0n) is 10.2. The smallest absolute Gasteiger partial charge is 0.281 e. The molecular formula is C12H20N3OS+. The van der Waals surface area contributed by atoms with Crippen LogP contribution in [0, 0.1) is 6.92 Å². The number of nitrogens with two attached hydrogens (primary N) is 1. The van der Waals surface area contributed by atoms with Crippen LogP contribution in [-0.4, -0.2) is 23.5 Å². The molecular weight excluding hydrogens is 234 g/mol. The molecule has 1 aromatic heterocycles. The molecule has 0 radical (unpaired) electrons. The van der Waals surface area contributed by atoms with Crippen LogP contribution in [0.2, 0.25) is 0 Å². The summed E-state index contributed by atoms with van der Waals surface area (Å²) in [7, 11) is 0. The molecule has 94 valence electrons. The first-order chi connectivity index (χ1) is 8.24. The molecule has 2 rings (SSSR count). The van der Waals surface area contributed by atoms with E-state index in [1.807, 2.05) is 12.3 Å². The SMILES string of the molecule is Cc1csc(NC(=O)C[NH2+]C2CCCCC2)n1. The van der Waals surface area contributed by atoms with Crippen molar-refractivity contribution in [2.24, 2.45) is 0 Å². The molecule has 0 bridgehead atoms. The number of nitrogens with one attached hydrogen (secondary N) is 1. The summed E-state index contributed by atoms with van der Waals surface area (Å²) >= 11 is 1.48. The first-order valence-corrected chi connectivity index (χ1v) is 7.17. The van der Waals surface area contributed by atoms with Crippen molar-refractivity contribution in [3.05, 3.63) is 11.1 Å². The van der Waals surface area contributed by atoms with E-state index in [1.165, 1.54) is 43.4 Å². The zero-order valence-corrected chi connectivity index (χ0v) is 11.1. The Morgan fingerprint density at radius 1 is 1.53 bits per heavy atom. The topological polar surface area (TPSA) is 58.6 Å². The number of quaternary nitrogens is 1. The van der Waals surface area contributed by atoms with Crippen LogP contribution in [-0.2, 0) is 4.79 Å². The van der Waals surface area contributed by atoms with Crippen molar-refractivity contribution in [1.29, 1.82) is 0 Å². The lowest BCUT2D eigenvalue weighted by atomic mass is 9.95. The Labute approximate surface area is 106 Å². The standard InChI is InChI=1S/C12H19N3OS/c1-9-8-17-12(14-9)15-11(16)7-13-10-5-3-2-4-6-10/h8,10,13H,2-7H2,1H3,(H,14,15,16)/p+1. The molecule has 0 spiro atoms. The van der Waals surface area contributed by atoms with Crippen LogP contribution in [0.4, 0.5) is 5.13 Å². The summed E-state index contributed by atoms with van der Waals surface area (Å²) in [5, 5.41) is 7.67. The molecule has 0 saturated heterocycles. The Hall–Kier alpha value is -0.940. The monoisotopic (exact) mass is 254 g/mol. The Balaban J connectivity index is 1.70. The maximum absolute atomic E-state index is 11.7. The molecule has 1 aliphatic carbocycles. The van der Waals surface area contributed by atoms with E-state index in [9.17, 15) is 4.79 Å². The molecule has 0 unspecified atom stereocenters. The number of carbonyl (C=O) groups excluding carboxylic acids is 1. The van der Waals surface area contributed by atoms with E-state index in [0.29, 0.717) is 17.7 Å². The second kappa shape index (κ2) is 6.12. The second-order valence-corrected chi connectivity index (χ2v) is 5.54. The maximum atomic E-state index is 11.7. The van der Waals surface area contributed by atoms with Gasteiger partial charge in [-0.3, -0.25) is 10.1 Å². The average Bonchev–Trinajstić information content (AvgIpc) is 2.73. The van der Waals surface area contributed by atoms with Crippen LogP contribution < -0.4 is 10.6 Å². The molecule has 1 heterocycles. The van der Waals surface area contributed by atoms with Crippen LogP contribution in [0.3, 0.4) is 0 Å². The lowest BCUT2D eigenvalue weighted by Gasteiger charge is -2.19. The van der Waals surface area contributed by atoms with Gasteiger partial charge in [0, 0.05) is 5.38 Å². The molecule has 0 atom stereocenters. The van der Waals surface area contributed by atoms with Crippen LogP contribution >= 0.6 is 11.3 Å². The van der Waals surface area contributed by atoms with Gasteiger partial charge in [-0.2, -0.15) is 0 Å². The number of hydrogen-bond acceptors (Lipinski definition) is 3. The third kappa shape index (κ3) is 4.09. The number of amides is 1. The van der Waals surface area contributed by atoms with Gasteiger partial charge in [0.15, 0.2) is 11.7 Å². The van der Waals surface area contributed by atoms with Gasteiger partial charge in [0.05, 0.1) is 11.7 Å². The summed E-state index contributed by atoms with van der Waals surface area (Å²) in [6, 6.07) is 0.646.